The van der Waals surface area contributed by atoms with Crippen molar-refractivity contribution >= 4 is 22.6 Å². The SMILES string of the molecule is N#Cc1cc2nc(CN3CCC(c4ccc(F)c(OCc5ccc(Cl)cc5F)c4)CC3)n(CC3CCO3)c2cn1. The molecule has 2 aromatic carbocycles. The van der Waals surface area contributed by atoms with Crippen molar-refractivity contribution in [3.05, 3.63) is 88.0 Å². The van der Waals surface area contributed by atoms with Crippen molar-refractivity contribution in [1.29, 1.82) is 5.26 Å². The van der Waals surface area contributed by atoms with Crippen LogP contribution in [0.4, 0.5) is 8.78 Å². The van der Waals surface area contributed by atoms with Gasteiger partial charge in [-0.15, -0.1) is 0 Å². The van der Waals surface area contributed by atoms with Crippen molar-refractivity contribution in [2.45, 2.75) is 51.0 Å². The molecule has 1 unspecified atom stereocenters. The molecule has 2 saturated heterocycles. The predicted octanol–water partition coefficient (Wildman–Crippen LogP) is 5.98. The Hall–Kier alpha value is -3.58. The van der Waals surface area contributed by atoms with Crippen molar-refractivity contribution in [3.63, 3.8) is 0 Å². The number of rotatable bonds is 8. The quantitative estimate of drug-likeness (QED) is 0.262. The molecule has 2 aliphatic heterocycles. The normalized spacial score (nSPS) is 18.0. The topological polar surface area (TPSA) is 76.2 Å². The van der Waals surface area contributed by atoms with Crippen LogP contribution in [-0.2, 0) is 24.4 Å². The summed E-state index contributed by atoms with van der Waals surface area (Å²) in [6, 6.07) is 13.1. The highest BCUT2D eigenvalue weighted by Crippen LogP contribution is 2.33. The molecule has 4 aromatic rings. The van der Waals surface area contributed by atoms with Crippen LogP contribution in [0.1, 0.15) is 47.8 Å². The first-order chi connectivity index (χ1) is 19.5. The van der Waals surface area contributed by atoms with E-state index in [1.807, 2.05) is 6.07 Å². The molecule has 0 saturated carbocycles. The van der Waals surface area contributed by atoms with Gasteiger partial charge in [-0.05, 0) is 68.1 Å². The lowest BCUT2D eigenvalue weighted by atomic mass is 9.89. The van der Waals surface area contributed by atoms with E-state index in [0.29, 0.717) is 29.4 Å². The second-order valence-electron chi connectivity index (χ2n) is 10.4. The van der Waals surface area contributed by atoms with Gasteiger partial charge in [-0.1, -0.05) is 23.7 Å². The highest BCUT2D eigenvalue weighted by molar-refractivity contribution is 6.30. The molecule has 206 valence electrons. The fraction of sp³-hybridized carbons (Fsp3) is 0.367. The zero-order chi connectivity index (χ0) is 27.6. The largest absolute Gasteiger partial charge is 0.486 e. The van der Waals surface area contributed by atoms with Gasteiger partial charge in [0.05, 0.1) is 36.4 Å². The van der Waals surface area contributed by atoms with Gasteiger partial charge in [0, 0.05) is 23.3 Å². The summed E-state index contributed by atoms with van der Waals surface area (Å²) in [6.07, 6.45) is 4.73. The molecule has 0 amide bonds. The van der Waals surface area contributed by atoms with Crippen LogP contribution in [0.3, 0.4) is 0 Å². The summed E-state index contributed by atoms with van der Waals surface area (Å²) < 4.78 is 42.2. The predicted molar refractivity (Wildman–Crippen MR) is 146 cm³/mol. The van der Waals surface area contributed by atoms with E-state index in [-0.39, 0.29) is 24.4 Å². The van der Waals surface area contributed by atoms with E-state index < -0.39 is 11.6 Å². The Bertz CT molecular complexity index is 1570. The van der Waals surface area contributed by atoms with Crippen LogP contribution in [0.25, 0.3) is 11.0 Å². The average molecular weight is 564 g/mol. The molecule has 4 heterocycles. The highest BCUT2D eigenvalue weighted by atomic mass is 35.5. The Morgan fingerprint density at radius 2 is 1.90 bits per heavy atom. The first-order valence-electron chi connectivity index (χ1n) is 13.4. The number of aromatic nitrogens is 3. The summed E-state index contributed by atoms with van der Waals surface area (Å²) >= 11 is 5.82. The molecule has 6 rings (SSSR count). The zero-order valence-corrected chi connectivity index (χ0v) is 22.6. The minimum absolute atomic E-state index is 0.0832. The first kappa shape index (κ1) is 26.6. The fourth-order valence-corrected chi connectivity index (χ4v) is 5.55. The van der Waals surface area contributed by atoms with Gasteiger partial charge in [0.25, 0.3) is 0 Å². The van der Waals surface area contributed by atoms with Gasteiger partial charge in [-0.2, -0.15) is 5.26 Å². The Labute approximate surface area is 235 Å². The number of imidazole rings is 1. The van der Waals surface area contributed by atoms with Crippen molar-refractivity contribution in [2.75, 3.05) is 19.7 Å². The van der Waals surface area contributed by atoms with Crippen molar-refractivity contribution in [3.8, 4) is 11.8 Å². The van der Waals surface area contributed by atoms with Gasteiger partial charge in [-0.3, -0.25) is 4.90 Å². The van der Waals surface area contributed by atoms with Crippen LogP contribution in [0, 0.1) is 23.0 Å². The van der Waals surface area contributed by atoms with E-state index in [4.69, 9.17) is 26.1 Å². The van der Waals surface area contributed by atoms with Crippen LogP contribution in [-0.4, -0.2) is 45.2 Å². The monoisotopic (exact) mass is 563 g/mol. The maximum Gasteiger partial charge on any atom is 0.165 e. The van der Waals surface area contributed by atoms with E-state index in [0.717, 1.165) is 61.4 Å². The molecule has 40 heavy (non-hydrogen) atoms. The fourth-order valence-electron chi connectivity index (χ4n) is 5.39. The van der Waals surface area contributed by atoms with E-state index in [1.165, 1.54) is 12.1 Å². The third-order valence-corrected chi connectivity index (χ3v) is 8.02. The number of likely N-dealkylation sites (tertiary alicyclic amines) is 1. The molecule has 0 bridgehead atoms. The smallest absolute Gasteiger partial charge is 0.165 e. The van der Waals surface area contributed by atoms with Gasteiger partial charge >= 0.3 is 0 Å². The van der Waals surface area contributed by atoms with E-state index >= 15 is 0 Å². The maximum absolute atomic E-state index is 14.5. The van der Waals surface area contributed by atoms with E-state index in [1.54, 1.807) is 30.5 Å². The lowest BCUT2D eigenvalue weighted by molar-refractivity contribution is -0.0592. The maximum atomic E-state index is 14.5. The number of pyridine rings is 1. The molecule has 1 atom stereocenters. The molecule has 2 aromatic heterocycles. The summed E-state index contributed by atoms with van der Waals surface area (Å²) in [5.41, 5.74) is 3.37. The summed E-state index contributed by atoms with van der Waals surface area (Å²) in [4.78, 5) is 11.5. The number of halogens is 3. The standard InChI is InChI=1S/C30H28ClF2N5O2/c31-22-3-1-21(26(33)12-22)18-40-29-11-20(2-4-25(29)32)19-5-8-37(9-6-19)17-30-36-27-13-23(14-34)35-15-28(27)38(30)16-24-7-10-39-24/h1-4,11-13,15,19,24H,5-10,16-18H2. The Morgan fingerprint density at radius 1 is 1.07 bits per heavy atom. The van der Waals surface area contributed by atoms with Gasteiger partial charge in [0.15, 0.2) is 11.6 Å². The van der Waals surface area contributed by atoms with Gasteiger partial charge < -0.3 is 14.0 Å². The molecular weight excluding hydrogens is 536 g/mol. The van der Waals surface area contributed by atoms with Gasteiger partial charge in [0.1, 0.15) is 30.0 Å². The van der Waals surface area contributed by atoms with Crippen LogP contribution in [0.2, 0.25) is 5.02 Å². The van der Waals surface area contributed by atoms with Crippen LogP contribution in [0.5, 0.6) is 5.75 Å². The molecule has 10 heteroatoms. The molecule has 2 aliphatic rings. The molecule has 0 N–H and O–H groups in total. The minimum atomic E-state index is -0.480. The number of piperidine rings is 1. The van der Waals surface area contributed by atoms with Crippen molar-refractivity contribution in [2.24, 2.45) is 0 Å². The van der Waals surface area contributed by atoms with Crippen molar-refractivity contribution < 1.29 is 18.3 Å². The molecule has 2 fully saturated rings. The zero-order valence-electron chi connectivity index (χ0n) is 21.8. The first-order valence-corrected chi connectivity index (χ1v) is 13.8. The van der Waals surface area contributed by atoms with E-state index in [9.17, 15) is 14.0 Å². The third-order valence-electron chi connectivity index (χ3n) is 7.79. The summed E-state index contributed by atoms with van der Waals surface area (Å²) in [7, 11) is 0. The second-order valence-corrected chi connectivity index (χ2v) is 10.8. The van der Waals surface area contributed by atoms with Crippen LogP contribution < -0.4 is 4.74 Å². The molecule has 0 spiro atoms. The number of hydrogen-bond donors (Lipinski definition) is 0. The third kappa shape index (κ3) is 5.66. The molecule has 7 nitrogen and oxygen atoms in total. The lowest BCUT2D eigenvalue weighted by Crippen LogP contribution is -2.35. The number of nitrogens with zero attached hydrogens (tertiary/aromatic N) is 5. The Kier molecular flexibility index (Phi) is 7.65. The van der Waals surface area contributed by atoms with Crippen LogP contribution >= 0.6 is 11.6 Å². The lowest BCUT2D eigenvalue weighted by Gasteiger charge is -2.33. The van der Waals surface area contributed by atoms with E-state index in [2.05, 4.69) is 20.5 Å². The summed E-state index contributed by atoms with van der Waals surface area (Å²) in [6.45, 7) is 3.82. The highest BCUT2D eigenvalue weighted by Gasteiger charge is 2.26. The number of ether oxygens (including phenoxy) is 2. The summed E-state index contributed by atoms with van der Waals surface area (Å²) in [5, 5.41) is 9.56. The van der Waals surface area contributed by atoms with Gasteiger partial charge in [0.2, 0.25) is 0 Å². The minimum Gasteiger partial charge on any atom is -0.486 e. The molecule has 0 radical (unpaired) electrons. The number of fused-ring (bicyclic) bond motifs is 1. The number of benzene rings is 2. The van der Waals surface area contributed by atoms with Crippen molar-refractivity contribution in [1.82, 2.24) is 19.4 Å². The Morgan fingerprint density at radius 3 is 2.62 bits per heavy atom. The summed E-state index contributed by atoms with van der Waals surface area (Å²) in [5.74, 6) is 0.362. The van der Waals surface area contributed by atoms with Crippen LogP contribution in [0.15, 0.2) is 48.7 Å². The number of nitriles is 1. The number of hydrogen-bond acceptors (Lipinski definition) is 6. The van der Waals surface area contributed by atoms with Gasteiger partial charge in [-0.25, -0.2) is 18.7 Å². The molecular formula is C30H28ClF2N5O2. The average Bonchev–Trinajstić information content (AvgIpc) is 3.27. The second kappa shape index (κ2) is 11.5. The molecule has 0 aliphatic carbocycles. The Balaban J connectivity index is 1.12.